The molecular weight excluding hydrogens is 384 g/mol. The van der Waals surface area contributed by atoms with Gasteiger partial charge in [-0.15, -0.1) is 11.3 Å². The first-order chi connectivity index (χ1) is 14.1. The fourth-order valence-electron chi connectivity index (χ4n) is 2.81. The van der Waals surface area contributed by atoms with Gasteiger partial charge in [0.25, 0.3) is 0 Å². The zero-order chi connectivity index (χ0) is 20.6. The van der Waals surface area contributed by atoms with Gasteiger partial charge in [-0.2, -0.15) is 5.10 Å². The van der Waals surface area contributed by atoms with Crippen LogP contribution in [0.15, 0.2) is 53.1 Å². The zero-order valence-electron chi connectivity index (χ0n) is 17.4. The summed E-state index contributed by atoms with van der Waals surface area (Å²) in [5, 5.41) is 10.7. The maximum absolute atomic E-state index is 5.35. The van der Waals surface area contributed by atoms with Crippen LogP contribution in [-0.2, 0) is 17.8 Å². The molecule has 29 heavy (non-hydrogen) atoms. The van der Waals surface area contributed by atoms with Gasteiger partial charge in [0, 0.05) is 38.5 Å². The summed E-state index contributed by atoms with van der Waals surface area (Å²) in [5.41, 5.74) is 3.21. The van der Waals surface area contributed by atoms with Crippen molar-refractivity contribution < 1.29 is 4.74 Å². The number of rotatable bonds is 8. The van der Waals surface area contributed by atoms with Crippen LogP contribution >= 0.6 is 11.3 Å². The Morgan fingerprint density at radius 3 is 2.79 bits per heavy atom. The maximum atomic E-state index is 5.35. The van der Waals surface area contributed by atoms with Gasteiger partial charge in [0.1, 0.15) is 11.1 Å². The number of hydrogen-bond donors (Lipinski definition) is 1. The third-order valence-corrected chi connectivity index (χ3v) is 5.54. The molecule has 0 aliphatic rings. The smallest absolute Gasteiger partial charge is 0.194 e. The van der Waals surface area contributed by atoms with Gasteiger partial charge in [0.2, 0.25) is 0 Å². The lowest BCUT2D eigenvalue weighted by molar-refractivity contribution is 0.119. The molecule has 3 rings (SSSR count). The Morgan fingerprint density at radius 1 is 1.34 bits per heavy atom. The van der Waals surface area contributed by atoms with Crippen molar-refractivity contribution in [1.29, 1.82) is 0 Å². The molecule has 2 aromatic heterocycles. The highest BCUT2D eigenvalue weighted by atomic mass is 32.1. The molecular formula is C21H28N6OS. The van der Waals surface area contributed by atoms with E-state index in [1.165, 1.54) is 0 Å². The highest BCUT2D eigenvalue weighted by Gasteiger charge is 2.12. The Hall–Kier alpha value is -2.71. The average molecular weight is 413 g/mol. The maximum Gasteiger partial charge on any atom is 0.194 e. The third kappa shape index (κ3) is 5.65. The normalized spacial score (nSPS) is 12.8. The molecule has 0 amide bonds. The number of benzene rings is 1. The van der Waals surface area contributed by atoms with Crippen LogP contribution < -0.4 is 5.32 Å². The van der Waals surface area contributed by atoms with Crippen molar-refractivity contribution >= 4 is 17.3 Å². The molecule has 0 spiro atoms. The molecule has 1 N–H and O–H groups in total. The van der Waals surface area contributed by atoms with E-state index in [1.807, 2.05) is 30.9 Å². The number of nitrogens with zero attached hydrogens (tertiary/aromatic N) is 5. The second kappa shape index (κ2) is 10.2. The van der Waals surface area contributed by atoms with E-state index in [2.05, 4.69) is 56.9 Å². The van der Waals surface area contributed by atoms with E-state index in [0.29, 0.717) is 13.1 Å². The lowest BCUT2D eigenvalue weighted by atomic mass is 10.2. The highest BCUT2D eigenvalue weighted by molar-refractivity contribution is 7.09. The predicted octanol–water partition coefficient (Wildman–Crippen LogP) is 3.63. The highest BCUT2D eigenvalue weighted by Crippen LogP contribution is 2.21. The molecule has 0 bridgehead atoms. The molecule has 2 heterocycles. The van der Waals surface area contributed by atoms with Gasteiger partial charge in [-0.1, -0.05) is 12.1 Å². The van der Waals surface area contributed by atoms with E-state index in [4.69, 9.17) is 9.73 Å². The number of aromatic nitrogens is 3. The second-order valence-corrected chi connectivity index (χ2v) is 7.59. The minimum Gasteiger partial charge on any atom is -0.375 e. The Bertz CT molecular complexity index is 904. The molecule has 3 aromatic rings. The molecule has 0 aliphatic heterocycles. The van der Waals surface area contributed by atoms with E-state index in [9.17, 15) is 0 Å². The largest absolute Gasteiger partial charge is 0.375 e. The number of nitrogens with one attached hydrogen (secondary N) is 1. The summed E-state index contributed by atoms with van der Waals surface area (Å²) in [6.07, 6.45) is 3.73. The lowest BCUT2D eigenvalue weighted by Gasteiger charge is -2.21. The van der Waals surface area contributed by atoms with E-state index >= 15 is 0 Å². The van der Waals surface area contributed by atoms with Crippen LogP contribution in [0.4, 0.5) is 0 Å². The van der Waals surface area contributed by atoms with Gasteiger partial charge >= 0.3 is 0 Å². The SMILES string of the molecule is CCNC(=NCc1ccc(-n2cccn2)cc1)N(C)Cc1csc(C(C)OC)n1. The van der Waals surface area contributed by atoms with Crippen LogP contribution in [0.25, 0.3) is 5.69 Å². The first-order valence-electron chi connectivity index (χ1n) is 9.66. The summed E-state index contributed by atoms with van der Waals surface area (Å²) in [6, 6.07) is 10.2. The summed E-state index contributed by atoms with van der Waals surface area (Å²) in [4.78, 5) is 11.6. The van der Waals surface area contributed by atoms with E-state index < -0.39 is 0 Å². The van der Waals surface area contributed by atoms with Gasteiger partial charge in [-0.3, -0.25) is 0 Å². The fourth-order valence-corrected chi connectivity index (χ4v) is 3.65. The Morgan fingerprint density at radius 2 is 2.14 bits per heavy atom. The van der Waals surface area contributed by atoms with Crippen molar-refractivity contribution in [2.75, 3.05) is 20.7 Å². The molecule has 0 saturated carbocycles. The zero-order valence-corrected chi connectivity index (χ0v) is 18.2. The van der Waals surface area contributed by atoms with Gasteiger partial charge in [0.15, 0.2) is 5.96 Å². The Balaban J connectivity index is 1.64. The number of thiazole rings is 1. The Labute approximate surface area is 176 Å². The molecule has 8 heteroatoms. The van der Waals surface area contributed by atoms with Gasteiger partial charge < -0.3 is 15.0 Å². The number of aliphatic imine (C=N–C) groups is 1. The molecule has 154 valence electrons. The molecule has 0 fully saturated rings. The lowest BCUT2D eigenvalue weighted by Crippen LogP contribution is -2.38. The van der Waals surface area contributed by atoms with Crippen molar-refractivity contribution in [2.24, 2.45) is 4.99 Å². The average Bonchev–Trinajstić information content (AvgIpc) is 3.43. The minimum absolute atomic E-state index is 0.0191. The van der Waals surface area contributed by atoms with Crippen LogP contribution in [0.5, 0.6) is 0 Å². The minimum atomic E-state index is 0.0191. The van der Waals surface area contributed by atoms with Crippen molar-refractivity contribution in [3.63, 3.8) is 0 Å². The van der Waals surface area contributed by atoms with Crippen molar-refractivity contribution in [1.82, 2.24) is 25.0 Å². The van der Waals surface area contributed by atoms with Crippen LogP contribution in [0.1, 0.15) is 36.2 Å². The van der Waals surface area contributed by atoms with E-state index in [0.717, 1.165) is 34.5 Å². The summed E-state index contributed by atoms with van der Waals surface area (Å²) < 4.78 is 7.20. The second-order valence-electron chi connectivity index (χ2n) is 6.70. The number of methoxy groups -OCH3 is 1. The predicted molar refractivity (Wildman–Crippen MR) is 117 cm³/mol. The van der Waals surface area contributed by atoms with Gasteiger partial charge in [-0.25, -0.2) is 14.7 Å². The topological polar surface area (TPSA) is 67.6 Å². The number of guanidine groups is 1. The molecule has 0 aliphatic carbocycles. The number of ether oxygens (including phenoxy) is 1. The quantitative estimate of drug-likeness (QED) is 0.452. The van der Waals surface area contributed by atoms with E-state index in [1.54, 1.807) is 24.6 Å². The van der Waals surface area contributed by atoms with Crippen LogP contribution in [-0.4, -0.2) is 46.3 Å². The molecule has 0 radical (unpaired) electrons. The van der Waals surface area contributed by atoms with Gasteiger partial charge in [-0.05, 0) is 37.6 Å². The standard InChI is InChI=1S/C21H28N6OS/c1-5-22-21(26(3)14-18-15-29-20(25-18)16(2)28-4)23-13-17-7-9-19(10-8-17)27-12-6-11-24-27/h6-12,15-16H,5,13-14H2,1-4H3,(H,22,23). The summed E-state index contributed by atoms with van der Waals surface area (Å²) in [5.74, 6) is 0.859. The van der Waals surface area contributed by atoms with Crippen LogP contribution in [0.3, 0.4) is 0 Å². The fraction of sp³-hybridized carbons (Fsp3) is 0.381. The molecule has 7 nitrogen and oxygen atoms in total. The van der Waals surface area contributed by atoms with Gasteiger partial charge in [0.05, 0.1) is 24.5 Å². The first kappa shape index (κ1) is 21.0. The van der Waals surface area contributed by atoms with Crippen LogP contribution in [0.2, 0.25) is 0 Å². The third-order valence-electron chi connectivity index (χ3n) is 4.48. The summed E-state index contributed by atoms with van der Waals surface area (Å²) >= 11 is 1.63. The van der Waals surface area contributed by atoms with E-state index in [-0.39, 0.29) is 6.10 Å². The van der Waals surface area contributed by atoms with Crippen LogP contribution in [0, 0.1) is 0 Å². The summed E-state index contributed by atoms with van der Waals surface area (Å²) in [6.45, 7) is 6.19. The Kier molecular flexibility index (Phi) is 7.37. The summed E-state index contributed by atoms with van der Waals surface area (Å²) in [7, 11) is 3.73. The van der Waals surface area contributed by atoms with Crippen molar-refractivity contribution in [2.45, 2.75) is 33.0 Å². The molecule has 1 unspecified atom stereocenters. The first-order valence-corrected chi connectivity index (χ1v) is 10.5. The monoisotopic (exact) mass is 412 g/mol. The number of hydrogen-bond acceptors (Lipinski definition) is 5. The molecule has 0 saturated heterocycles. The molecule has 1 atom stereocenters. The molecule has 1 aromatic carbocycles. The van der Waals surface area contributed by atoms with Crippen molar-refractivity contribution in [3.8, 4) is 5.69 Å². The van der Waals surface area contributed by atoms with Crippen molar-refractivity contribution in [3.05, 3.63) is 64.4 Å².